The van der Waals surface area contributed by atoms with Crippen LogP contribution in [0.4, 0.5) is 0 Å². The van der Waals surface area contributed by atoms with Gasteiger partial charge in [0.2, 0.25) is 0 Å². The molecule has 0 aromatic heterocycles. The molecule has 3 atom stereocenters. The molecule has 1 heterocycles. The minimum atomic E-state index is 0.720. The maximum atomic E-state index is 3.75. The second-order valence-corrected chi connectivity index (χ2v) is 6.51. The Morgan fingerprint density at radius 3 is 2.33 bits per heavy atom. The summed E-state index contributed by atoms with van der Waals surface area (Å²) in [5.74, 6) is 0.807. The third-order valence-electron chi connectivity index (χ3n) is 4.18. The first-order valence-corrected chi connectivity index (χ1v) is 8.07. The van der Waals surface area contributed by atoms with Gasteiger partial charge in [0.15, 0.2) is 0 Å². The lowest BCUT2D eigenvalue weighted by Crippen LogP contribution is -2.59. The van der Waals surface area contributed by atoms with Gasteiger partial charge in [0, 0.05) is 31.2 Å². The van der Waals surface area contributed by atoms with Crippen LogP contribution in [0, 0.1) is 5.92 Å². The Morgan fingerprint density at radius 2 is 1.78 bits per heavy atom. The van der Waals surface area contributed by atoms with E-state index in [1.807, 2.05) is 0 Å². The molecule has 1 rings (SSSR count). The molecule has 108 valence electrons. The first kappa shape index (κ1) is 16.0. The van der Waals surface area contributed by atoms with Crippen molar-refractivity contribution in [2.75, 3.05) is 13.1 Å². The Labute approximate surface area is 115 Å². The van der Waals surface area contributed by atoms with Gasteiger partial charge >= 0.3 is 0 Å². The van der Waals surface area contributed by atoms with Gasteiger partial charge in [-0.1, -0.05) is 40.5 Å². The van der Waals surface area contributed by atoms with Crippen LogP contribution in [0.5, 0.6) is 0 Å². The third kappa shape index (κ3) is 4.89. The van der Waals surface area contributed by atoms with Crippen LogP contribution in [0.3, 0.4) is 0 Å². The normalized spacial score (nSPS) is 27.7. The fourth-order valence-corrected chi connectivity index (χ4v) is 3.39. The van der Waals surface area contributed by atoms with Crippen molar-refractivity contribution in [1.29, 1.82) is 0 Å². The average Bonchev–Trinajstić information content (AvgIpc) is 2.30. The van der Waals surface area contributed by atoms with Crippen LogP contribution < -0.4 is 5.32 Å². The standard InChI is InChI=1S/C16H34N2/c1-6-8-15-12-18(14(5)10-13(3)4)16(9-7-2)11-17-15/h13-17H,6-12H2,1-5H3. The molecule has 0 radical (unpaired) electrons. The third-order valence-corrected chi connectivity index (χ3v) is 4.18. The fraction of sp³-hybridized carbons (Fsp3) is 1.00. The molecule has 1 aliphatic heterocycles. The number of piperazine rings is 1. The molecule has 0 aromatic rings. The molecule has 1 fully saturated rings. The van der Waals surface area contributed by atoms with E-state index < -0.39 is 0 Å². The maximum Gasteiger partial charge on any atom is 0.0224 e. The first-order chi connectivity index (χ1) is 8.58. The molecule has 0 spiro atoms. The van der Waals surface area contributed by atoms with Gasteiger partial charge in [-0.2, -0.15) is 0 Å². The number of rotatable bonds is 7. The van der Waals surface area contributed by atoms with Gasteiger partial charge in [0.05, 0.1) is 0 Å². The SMILES string of the molecule is CCCC1CN(C(C)CC(C)C)C(CCC)CN1. The molecule has 3 unspecified atom stereocenters. The van der Waals surface area contributed by atoms with E-state index in [0.29, 0.717) is 0 Å². The van der Waals surface area contributed by atoms with Crippen molar-refractivity contribution in [3.8, 4) is 0 Å². The largest absolute Gasteiger partial charge is 0.311 e. The highest BCUT2D eigenvalue weighted by atomic mass is 15.2. The van der Waals surface area contributed by atoms with Crippen LogP contribution >= 0.6 is 0 Å². The van der Waals surface area contributed by atoms with Gasteiger partial charge in [-0.25, -0.2) is 0 Å². The summed E-state index contributed by atoms with van der Waals surface area (Å²) in [6.45, 7) is 14.2. The van der Waals surface area contributed by atoms with Crippen molar-refractivity contribution in [3.05, 3.63) is 0 Å². The number of hydrogen-bond donors (Lipinski definition) is 1. The molecule has 0 saturated carbocycles. The summed E-state index contributed by atoms with van der Waals surface area (Å²) >= 11 is 0. The molecule has 18 heavy (non-hydrogen) atoms. The summed E-state index contributed by atoms with van der Waals surface area (Å²) in [6, 6.07) is 2.22. The summed E-state index contributed by atoms with van der Waals surface area (Å²) < 4.78 is 0. The van der Waals surface area contributed by atoms with Gasteiger partial charge in [-0.15, -0.1) is 0 Å². The highest BCUT2D eigenvalue weighted by Crippen LogP contribution is 2.21. The lowest BCUT2D eigenvalue weighted by molar-refractivity contribution is 0.0710. The number of nitrogens with one attached hydrogen (secondary N) is 1. The molecular weight excluding hydrogens is 220 g/mol. The Bertz CT molecular complexity index is 215. The van der Waals surface area contributed by atoms with Gasteiger partial charge in [-0.3, -0.25) is 4.90 Å². The monoisotopic (exact) mass is 254 g/mol. The summed E-state index contributed by atoms with van der Waals surface area (Å²) in [5.41, 5.74) is 0. The lowest BCUT2D eigenvalue weighted by Gasteiger charge is -2.44. The van der Waals surface area contributed by atoms with Crippen LogP contribution in [-0.4, -0.2) is 36.1 Å². The Morgan fingerprint density at radius 1 is 1.11 bits per heavy atom. The molecule has 2 nitrogen and oxygen atoms in total. The second-order valence-electron chi connectivity index (χ2n) is 6.51. The van der Waals surface area contributed by atoms with Crippen LogP contribution in [0.1, 0.15) is 66.7 Å². The van der Waals surface area contributed by atoms with Crippen LogP contribution in [0.2, 0.25) is 0 Å². The summed E-state index contributed by atoms with van der Waals surface area (Å²) in [6.07, 6.45) is 6.59. The minimum Gasteiger partial charge on any atom is -0.311 e. The van der Waals surface area contributed by atoms with E-state index in [2.05, 4.69) is 44.8 Å². The van der Waals surface area contributed by atoms with Crippen molar-refractivity contribution in [2.24, 2.45) is 5.92 Å². The highest BCUT2D eigenvalue weighted by molar-refractivity contribution is 4.88. The van der Waals surface area contributed by atoms with Gasteiger partial charge in [0.25, 0.3) is 0 Å². The zero-order chi connectivity index (χ0) is 13.5. The van der Waals surface area contributed by atoms with Crippen molar-refractivity contribution < 1.29 is 0 Å². The number of hydrogen-bond acceptors (Lipinski definition) is 2. The summed E-state index contributed by atoms with van der Waals surface area (Å²) in [7, 11) is 0. The van der Waals surface area contributed by atoms with Crippen LogP contribution in [-0.2, 0) is 0 Å². The minimum absolute atomic E-state index is 0.720. The van der Waals surface area contributed by atoms with Gasteiger partial charge in [-0.05, 0) is 32.1 Å². The van der Waals surface area contributed by atoms with Crippen molar-refractivity contribution in [1.82, 2.24) is 10.2 Å². The van der Waals surface area contributed by atoms with E-state index in [9.17, 15) is 0 Å². The zero-order valence-electron chi connectivity index (χ0n) is 13.2. The number of nitrogens with zero attached hydrogens (tertiary/aromatic N) is 1. The lowest BCUT2D eigenvalue weighted by atomic mass is 9.96. The topological polar surface area (TPSA) is 15.3 Å². The smallest absolute Gasteiger partial charge is 0.0224 e. The van der Waals surface area contributed by atoms with Crippen molar-refractivity contribution in [2.45, 2.75) is 84.8 Å². The first-order valence-electron chi connectivity index (χ1n) is 8.07. The Balaban J connectivity index is 2.58. The zero-order valence-corrected chi connectivity index (χ0v) is 13.2. The van der Waals surface area contributed by atoms with Gasteiger partial charge in [0.1, 0.15) is 0 Å². The average molecular weight is 254 g/mol. The van der Waals surface area contributed by atoms with Crippen LogP contribution in [0.15, 0.2) is 0 Å². The Kier molecular flexibility index (Phi) is 7.25. The van der Waals surface area contributed by atoms with E-state index in [-0.39, 0.29) is 0 Å². The van der Waals surface area contributed by atoms with E-state index >= 15 is 0 Å². The molecule has 0 aliphatic carbocycles. The molecule has 0 bridgehead atoms. The quantitative estimate of drug-likeness (QED) is 0.746. The molecule has 1 N–H and O–H groups in total. The van der Waals surface area contributed by atoms with E-state index in [1.165, 1.54) is 45.2 Å². The molecule has 1 aliphatic rings. The van der Waals surface area contributed by atoms with Gasteiger partial charge < -0.3 is 5.32 Å². The van der Waals surface area contributed by atoms with E-state index in [4.69, 9.17) is 0 Å². The predicted octanol–water partition coefficient (Wildman–Crippen LogP) is 3.66. The highest BCUT2D eigenvalue weighted by Gasteiger charge is 2.30. The van der Waals surface area contributed by atoms with Crippen LogP contribution in [0.25, 0.3) is 0 Å². The Hall–Kier alpha value is -0.0800. The molecular formula is C16H34N2. The van der Waals surface area contributed by atoms with Crippen molar-refractivity contribution in [3.63, 3.8) is 0 Å². The van der Waals surface area contributed by atoms with Crippen molar-refractivity contribution >= 4 is 0 Å². The predicted molar refractivity (Wildman–Crippen MR) is 81.0 cm³/mol. The molecule has 1 saturated heterocycles. The molecule has 2 heteroatoms. The molecule has 0 amide bonds. The maximum absolute atomic E-state index is 3.75. The summed E-state index contributed by atoms with van der Waals surface area (Å²) in [5, 5.41) is 3.75. The summed E-state index contributed by atoms with van der Waals surface area (Å²) in [4.78, 5) is 2.79. The molecule has 0 aromatic carbocycles. The second kappa shape index (κ2) is 8.16. The fourth-order valence-electron chi connectivity index (χ4n) is 3.39. The van der Waals surface area contributed by atoms with E-state index in [1.54, 1.807) is 0 Å². The van der Waals surface area contributed by atoms with E-state index in [0.717, 1.165) is 24.0 Å².